The number of benzene rings is 2. The van der Waals surface area contributed by atoms with E-state index in [2.05, 4.69) is 4.98 Å². The third-order valence-electron chi connectivity index (χ3n) is 3.21. The molecule has 4 heteroatoms. The maximum atomic E-state index is 12.4. The molecule has 0 fully saturated rings. The molecule has 0 aliphatic heterocycles. The third kappa shape index (κ3) is 2.45. The predicted octanol–water partition coefficient (Wildman–Crippen LogP) is 4.90. The lowest BCUT2D eigenvalue weighted by molar-refractivity contribution is 0.0994. The Kier molecular flexibility index (Phi) is 3.51. The highest BCUT2D eigenvalue weighted by atomic mass is 35.5. The van der Waals surface area contributed by atoms with Crippen molar-refractivity contribution in [1.29, 1.82) is 0 Å². The number of fused-ring (bicyclic) bond motifs is 1. The van der Waals surface area contributed by atoms with E-state index in [9.17, 15) is 4.79 Å². The van der Waals surface area contributed by atoms with Gasteiger partial charge >= 0.3 is 0 Å². The second kappa shape index (κ2) is 5.31. The largest absolute Gasteiger partial charge is 0.360 e. The van der Waals surface area contributed by atoms with Crippen LogP contribution in [-0.2, 0) is 6.42 Å². The summed E-state index contributed by atoms with van der Waals surface area (Å²) in [4.78, 5) is 15.5. The highest BCUT2D eigenvalue weighted by Gasteiger charge is 2.14. The Morgan fingerprint density at radius 1 is 1.10 bits per heavy atom. The van der Waals surface area contributed by atoms with Crippen LogP contribution in [0.5, 0.6) is 0 Å². The molecule has 0 aliphatic carbocycles. The SMILES string of the molecule is O=C(Cc1cccc(Cl)c1)c1c[nH]c2cccc(Cl)c12. The van der Waals surface area contributed by atoms with Gasteiger partial charge in [-0.15, -0.1) is 0 Å². The lowest BCUT2D eigenvalue weighted by Gasteiger charge is -2.02. The number of nitrogens with one attached hydrogen (secondary N) is 1. The van der Waals surface area contributed by atoms with Crippen molar-refractivity contribution in [3.63, 3.8) is 0 Å². The number of Topliss-reactive ketones (excluding diaryl/α,β-unsaturated/α-hetero) is 1. The lowest BCUT2D eigenvalue weighted by atomic mass is 10.0. The number of aromatic amines is 1. The number of ketones is 1. The molecule has 0 saturated carbocycles. The van der Waals surface area contributed by atoms with E-state index in [4.69, 9.17) is 23.2 Å². The van der Waals surface area contributed by atoms with Crippen molar-refractivity contribution >= 4 is 39.9 Å². The number of H-pyrrole nitrogens is 1. The first-order valence-corrected chi connectivity index (χ1v) is 6.94. The molecular weight excluding hydrogens is 293 g/mol. The van der Waals surface area contributed by atoms with E-state index >= 15 is 0 Å². The summed E-state index contributed by atoms with van der Waals surface area (Å²) in [6.45, 7) is 0. The molecule has 1 aromatic heterocycles. The topological polar surface area (TPSA) is 32.9 Å². The monoisotopic (exact) mass is 303 g/mol. The summed E-state index contributed by atoms with van der Waals surface area (Å²) in [5.74, 6) is 0.0200. The van der Waals surface area contributed by atoms with Crippen LogP contribution < -0.4 is 0 Å². The fraction of sp³-hybridized carbons (Fsp3) is 0.0625. The summed E-state index contributed by atoms with van der Waals surface area (Å²) in [6, 6.07) is 12.9. The third-order valence-corrected chi connectivity index (χ3v) is 3.76. The van der Waals surface area contributed by atoms with Gasteiger partial charge in [0, 0.05) is 34.1 Å². The Labute approximate surface area is 126 Å². The fourth-order valence-corrected chi connectivity index (χ4v) is 2.78. The number of rotatable bonds is 3. The number of carbonyl (C=O) groups excluding carboxylic acids is 1. The minimum absolute atomic E-state index is 0.0200. The fourth-order valence-electron chi connectivity index (χ4n) is 2.29. The molecule has 20 heavy (non-hydrogen) atoms. The zero-order valence-electron chi connectivity index (χ0n) is 10.5. The van der Waals surface area contributed by atoms with E-state index in [-0.39, 0.29) is 5.78 Å². The number of halogens is 2. The summed E-state index contributed by atoms with van der Waals surface area (Å²) >= 11 is 12.1. The molecule has 1 heterocycles. The van der Waals surface area contributed by atoms with E-state index in [1.165, 1.54) is 0 Å². The van der Waals surface area contributed by atoms with E-state index in [0.717, 1.165) is 16.5 Å². The van der Waals surface area contributed by atoms with Crippen molar-refractivity contribution in [3.8, 4) is 0 Å². The van der Waals surface area contributed by atoms with Crippen molar-refractivity contribution < 1.29 is 4.79 Å². The molecule has 0 atom stereocenters. The zero-order valence-corrected chi connectivity index (χ0v) is 12.0. The van der Waals surface area contributed by atoms with Gasteiger partial charge in [0.15, 0.2) is 5.78 Å². The van der Waals surface area contributed by atoms with Crippen LogP contribution in [0, 0.1) is 0 Å². The molecule has 2 nitrogen and oxygen atoms in total. The molecule has 2 aromatic carbocycles. The van der Waals surface area contributed by atoms with Crippen LogP contribution in [0.15, 0.2) is 48.7 Å². The smallest absolute Gasteiger partial charge is 0.169 e. The molecule has 0 spiro atoms. The number of carbonyl (C=O) groups is 1. The first kappa shape index (κ1) is 13.2. The van der Waals surface area contributed by atoms with Crippen molar-refractivity contribution in [2.75, 3.05) is 0 Å². The zero-order chi connectivity index (χ0) is 14.1. The lowest BCUT2D eigenvalue weighted by Crippen LogP contribution is -2.02. The van der Waals surface area contributed by atoms with Gasteiger partial charge in [-0.2, -0.15) is 0 Å². The molecule has 0 saturated heterocycles. The summed E-state index contributed by atoms with van der Waals surface area (Å²) in [6.07, 6.45) is 2.02. The van der Waals surface area contributed by atoms with Gasteiger partial charge < -0.3 is 4.98 Å². The van der Waals surface area contributed by atoms with Crippen LogP contribution in [-0.4, -0.2) is 10.8 Å². The Morgan fingerprint density at radius 2 is 1.90 bits per heavy atom. The standard InChI is InChI=1S/C16H11Cl2NO/c17-11-4-1-3-10(7-11)8-15(20)12-9-19-14-6-2-5-13(18)16(12)14/h1-7,9,19H,8H2. The molecule has 0 amide bonds. The van der Waals surface area contributed by atoms with Gasteiger partial charge in [0.05, 0.1) is 5.02 Å². The van der Waals surface area contributed by atoms with Gasteiger partial charge in [-0.25, -0.2) is 0 Å². The van der Waals surface area contributed by atoms with Crippen LogP contribution in [0.25, 0.3) is 10.9 Å². The van der Waals surface area contributed by atoms with E-state index in [0.29, 0.717) is 22.0 Å². The van der Waals surface area contributed by atoms with Gasteiger partial charge in [-0.05, 0) is 29.8 Å². The van der Waals surface area contributed by atoms with Crippen molar-refractivity contribution in [3.05, 3.63) is 69.8 Å². The molecule has 0 radical (unpaired) electrons. The molecule has 100 valence electrons. The van der Waals surface area contributed by atoms with Crippen molar-refractivity contribution in [2.24, 2.45) is 0 Å². The molecule has 3 aromatic rings. The second-order valence-electron chi connectivity index (χ2n) is 4.59. The van der Waals surface area contributed by atoms with Crippen molar-refractivity contribution in [1.82, 2.24) is 4.98 Å². The predicted molar refractivity (Wildman–Crippen MR) is 82.8 cm³/mol. The van der Waals surface area contributed by atoms with Gasteiger partial charge in [-0.1, -0.05) is 41.4 Å². The highest BCUT2D eigenvalue weighted by molar-refractivity contribution is 6.37. The van der Waals surface area contributed by atoms with Crippen molar-refractivity contribution in [2.45, 2.75) is 6.42 Å². The second-order valence-corrected chi connectivity index (χ2v) is 5.44. The molecule has 1 N–H and O–H groups in total. The Hall–Kier alpha value is -1.77. The van der Waals surface area contributed by atoms with Crippen LogP contribution in [0.2, 0.25) is 10.0 Å². The van der Waals surface area contributed by atoms with E-state index < -0.39 is 0 Å². The molecular formula is C16H11Cl2NO. The number of hydrogen-bond donors (Lipinski definition) is 1. The maximum absolute atomic E-state index is 12.4. The van der Waals surface area contributed by atoms with Gasteiger partial charge in [0.1, 0.15) is 0 Å². The van der Waals surface area contributed by atoms with Crippen LogP contribution in [0.4, 0.5) is 0 Å². The summed E-state index contributed by atoms with van der Waals surface area (Å²) in [7, 11) is 0. The summed E-state index contributed by atoms with van der Waals surface area (Å²) < 4.78 is 0. The molecule has 3 rings (SSSR count). The van der Waals surface area contributed by atoms with E-state index in [1.54, 1.807) is 24.4 Å². The Balaban J connectivity index is 1.97. The minimum Gasteiger partial charge on any atom is -0.360 e. The highest BCUT2D eigenvalue weighted by Crippen LogP contribution is 2.27. The Morgan fingerprint density at radius 3 is 2.70 bits per heavy atom. The first-order chi connectivity index (χ1) is 9.65. The van der Waals surface area contributed by atoms with Crippen LogP contribution in [0.3, 0.4) is 0 Å². The van der Waals surface area contributed by atoms with Crippen LogP contribution >= 0.6 is 23.2 Å². The average molecular weight is 304 g/mol. The summed E-state index contributed by atoms with van der Waals surface area (Å²) in [5.41, 5.74) is 2.38. The molecule has 0 unspecified atom stereocenters. The van der Waals surface area contributed by atoms with Gasteiger partial charge in [0.25, 0.3) is 0 Å². The summed E-state index contributed by atoms with van der Waals surface area (Å²) in [5, 5.41) is 1.99. The average Bonchev–Trinajstić information content (AvgIpc) is 2.84. The number of aromatic nitrogens is 1. The molecule has 0 bridgehead atoms. The maximum Gasteiger partial charge on any atom is 0.169 e. The minimum atomic E-state index is 0.0200. The molecule has 0 aliphatic rings. The van der Waals surface area contributed by atoms with E-state index in [1.807, 2.05) is 24.3 Å². The quantitative estimate of drug-likeness (QED) is 0.686. The normalized spacial score (nSPS) is 10.9. The van der Waals surface area contributed by atoms with Gasteiger partial charge in [0.2, 0.25) is 0 Å². The Bertz CT molecular complexity index is 792. The van der Waals surface area contributed by atoms with Gasteiger partial charge in [-0.3, -0.25) is 4.79 Å². The first-order valence-electron chi connectivity index (χ1n) is 6.18. The van der Waals surface area contributed by atoms with Crippen LogP contribution in [0.1, 0.15) is 15.9 Å². The number of hydrogen-bond acceptors (Lipinski definition) is 1.